The van der Waals surface area contributed by atoms with Crippen LogP contribution in [0.3, 0.4) is 0 Å². The molecule has 0 aromatic carbocycles. The summed E-state index contributed by atoms with van der Waals surface area (Å²) in [7, 11) is 0. The van der Waals surface area contributed by atoms with Crippen LogP contribution in [0.5, 0.6) is 0 Å². The Bertz CT molecular complexity index is 237. The lowest BCUT2D eigenvalue weighted by molar-refractivity contribution is 0.105. The molecule has 0 spiro atoms. The summed E-state index contributed by atoms with van der Waals surface area (Å²) in [6, 6.07) is -0.160. The van der Waals surface area contributed by atoms with Crippen molar-refractivity contribution in [1.29, 1.82) is 0 Å². The van der Waals surface area contributed by atoms with Gasteiger partial charge in [0, 0.05) is 26.2 Å². The van der Waals surface area contributed by atoms with Gasteiger partial charge in [0.2, 0.25) is 0 Å². The van der Waals surface area contributed by atoms with Crippen molar-refractivity contribution in [2.24, 2.45) is 0 Å². The van der Waals surface area contributed by atoms with E-state index in [9.17, 15) is 13.6 Å². The Hall–Kier alpha value is -0.910. The van der Waals surface area contributed by atoms with Gasteiger partial charge in [-0.05, 0) is 0 Å². The van der Waals surface area contributed by atoms with Crippen molar-refractivity contribution in [3.05, 3.63) is 0 Å². The zero-order valence-electron chi connectivity index (χ0n) is 7.75. The summed E-state index contributed by atoms with van der Waals surface area (Å²) in [4.78, 5) is 14.5. The molecule has 2 heterocycles. The average Bonchev–Trinajstić information content (AvgIpc) is 2.44. The first-order chi connectivity index (χ1) is 6.68. The van der Waals surface area contributed by atoms with Gasteiger partial charge < -0.3 is 15.1 Å². The van der Waals surface area contributed by atoms with Crippen molar-refractivity contribution in [2.45, 2.75) is 12.5 Å². The van der Waals surface area contributed by atoms with Crippen molar-refractivity contribution in [3.63, 3.8) is 0 Å². The minimum Gasteiger partial charge on any atom is -0.317 e. The first-order valence-corrected chi connectivity index (χ1v) is 4.73. The van der Waals surface area contributed by atoms with Crippen LogP contribution in [-0.4, -0.2) is 61.0 Å². The van der Waals surface area contributed by atoms with Gasteiger partial charge in [0.15, 0.2) is 0 Å². The van der Waals surface area contributed by atoms with Gasteiger partial charge in [-0.2, -0.15) is 0 Å². The SMILES string of the molecule is O=C1N(CC(F)F)C[C@@H]2CNCCN12. The summed E-state index contributed by atoms with van der Waals surface area (Å²) >= 11 is 0. The molecule has 6 heteroatoms. The number of nitrogens with zero attached hydrogens (tertiary/aromatic N) is 2. The number of urea groups is 1. The number of amides is 2. The van der Waals surface area contributed by atoms with Crippen LogP contribution < -0.4 is 5.32 Å². The van der Waals surface area contributed by atoms with E-state index >= 15 is 0 Å². The van der Waals surface area contributed by atoms with Crippen molar-refractivity contribution < 1.29 is 13.6 Å². The van der Waals surface area contributed by atoms with Crippen molar-refractivity contribution in [3.8, 4) is 0 Å². The maximum atomic E-state index is 12.1. The third-order valence-electron chi connectivity index (χ3n) is 2.66. The molecule has 2 saturated heterocycles. The monoisotopic (exact) mass is 205 g/mol. The molecule has 2 amide bonds. The Morgan fingerprint density at radius 3 is 3.00 bits per heavy atom. The topological polar surface area (TPSA) is 35.6 Å². The van der Waals surface area contributed by atoms with Crippen LogP contribution >= 0.6 is 0 Å². The Morgan fingerprint density at radius 2 is 2.36 bits per heavy atom. The first-order valence-electron chi connectivity index (χ1n) is 4.73. The molecule has 0 bridgehead atoms. The van der Waals surface area contributed by atoms with Crippen LogP contribution in [0, 0.1) is 0 Å². The van der Waals surface area contributed by atoms with E-state index in [0.29, 0.717) is 19.6 Å². The lowest BCUT2D eigenvalue weighted by Gasteiger charge is -2.28. The van der Waals surface area contributed by atoms with Crippen LogP contribution in [0.15, 0.2) is 0 Å². The largest absolute Gasteiger partial charge is 0.320 e. The van der Waals surface area contributed by atoms with E-state index < -0.39 is 13.0 Å². The molecule has 2 rings (SSSR count). The summed E-state index contributed by atoms with van der Waals surface area (Å²) in [5.41, 5.74) is 0. The highest BCUT2D eigenvalue weighted by Gasteiger charge is 2.39. The fourth-order valence-corrected chi connectivity index (χ4v) is 2.01. The predicted molar refractivity (Wildman–Crippen MR) is 46.3 cm³/mol. The number of carbonyl (C=O) groups excluding carboxylic acids is 1. The number of hydrogen-bond acceptors (Lipinski definition) is 2. The second kappa shape index (κ2) is 3.68. The molecule has 80 valence electrons. The van der Waals surface area contributed by atoms with E-state index in [2.05, 4.69) is 5.32 Å². The van der Waals surface area contributed by atoms with Gasteiger partial charge in [-0.3, -0.25) is 0 Å². The van der Waals surface area contributed by atoms with Crippen LogP contribution in [0.25, 0.3) is 0 Å². The highest BCUT2D eigenvalue weighted by atomic mass is 19.3. The molecular weight excluding hydrogens is 192 g/mol. The van der Waals surface area contributed by atoms with Gasteiger partial charge in [-0.25, -0.2) is 13.6 Å². The molecule has 1 N–H and O–H groups in total. The van der Waals surface area contributed by atoms with Crippen LogP contribution in [0.2, 0.25) is 0 Å². The smallest absolute Gasteiger partial charge is 0.317 e. The number of hydrogen-bond donors (Lipinski definition) is 1. The van der Waals surface area contributed by atoms with Gasteiger partial charge in [0.25, 0.3) is 6.43 Å². The molecule has 2 aliphatic rings. The molecule has 14 heavy (non-hydrogen) atoms. The van der Waals surface area contributed by atoms with Gasteiger partial charge in [0.1, 0.15) is 0 Å². The van der Waals surface area contributed by atoms with Gasteiger partial charge in [-0.15, -0.1) is 0 Å². The van der Waals surface area contributed by atoms with E-state index in [1.165, 1.54) is 4.90 Å². The first kappa shape index (κ1) is 9.64. The van der Waals surface area contributed by atoms with E-state index in [1.54, 1.807) is 4.90 Å². The molecule has 0 radical (unpaired) electrons. The summed E-state index contributed by atoms with van der Waals surface area (Å²) < 4.78 is 24.2. The van der Waals surface area contributed by atoms with Crippen LogP contribution in [0.1, 0.15) is 0 Å². The predicted octanol–water partition coefficient (Wildman–Crippen LogP) is -0.0391. The van der Waals surface area contributed by atoms with Crippen molar-refractivity contribution in [2.75, 3.05) is 32.7 Å². The zero-order chi connectivity index (χ0) is 10.1. The van der Waals surface area contributed by atoms with E-state index in [4.69, 9.17) is 0 Å². The van der Waals surface area contributed by atoms with E-state index in [-0.39, 0.29) is 12.1 Å². The fourth-order valence-electron chi connectivity index (χ4n) is 2.01. The minimum absolute atomic E-state index is 0.0787. The number of carbonyl (C=O) groups is 1. The maximum Gasteiger partial charge on any atom is 0.320 e. The number of nitrogens with one attached hydrogen (secondary N) is 1. The number of fused-ring (bicyclic) bond motifs is 1. The fraction of sp³-hybridized carbons (Fsp3) is 0.875. The Morgan fingerprint density at radius 1 is 1.57 bits per heavy atom. The second-order valence-corrected chi connectivity index (χ2v) is 3.63. The quantitative estimate of drug-likeness (QED) is 0.686. The highest BCUT2D eigenvalue weighted by Crippen LogP contribution is 2.18. The Balaban J connectivity index is 1.99. The van der Waals surface area contributed by atoms with Crippen LogP contribution in [0.4, 0.5) is 13.6 Å². The number of halogens is 2. The second-order valence-electron chi connectivity index (χ2n) is 3.63. The molecule has 0 aromatic heterocycles. The standard InChI is InChI=1S/C8H13F2N3O/c9-7(10)5-12-4-6-3-11-1-2-13(6)8(12)14/h6-7,11H,1-5H2/t6-/m0/s1. The maximum absolute atomic E-state index is 12.1. The molecule has 1 atom stereocenters. The van der Waals surface area contributed by atoms with Crippen LogP contribution in [-0.2, 0) is 0 Å². The van der Waals surface area contributed by atoms with E-state index in [1.807, 2.05) is 0 Å². The minimum atomic E-state index is -2.44. The number of alkyl halides is 2. The summed E-state index contributed by atoms with van der Waals surface area (Å²) in [5.74, 6) is 0. The molecule has 2 aliphatic heterocycles. The zero-order valence-corrected chi connectivity index (χ0v) is 7.75. The lowest BCUT2D eigenvalue weighted by atomic mass is 10.2. The molecule has 0 aromatic rings. The molecule has 2 fully saturated rings. The summed E-state index contributed by atoms with van der Waals surface area (Å²) in [5, 5.41) is 3.14. The van der Waals surface area contributed by atoms with Gasteiger partial charge in [-0.1, -0.05) is 0 Å². The normalized spacial score (nSPS) is 27.4. The third kappa shape index (κ3) is 1.66. The van der Waals surface area contributed by atoms with E-state index in [0.717, 1.165) is 6.54 Å². The average molecular weight is 205 g/mol. The third-order valence-corrected chi connectivity index (χ3v) is 2.66. The highest BCUT2D eigenvalue weighted by molar-refractivity contribution is 5.77. The summed E-state index contributed by atoms with van der Waals surface area (Å²) in [6.07, 6.45) is -2.44. The molecular formula is C8H13F2N3O. The Labute approximate surface area is 80.8 Å². The molecule has 0 unspecified atom stereocenters. The molecule has 0 saturated carbocycles. The van der Waals surface area contributed by atoms with Gasteiger partial charge >= 0.3 is 6.03 Å². The number of piperazine rings is 1. The van der Waals surface area contributed by atoms with Crippen molar-refractivity contribution >= 4 is 6.03 Å². The van der Waals surface area contributed by atoms with Gasteiger partial charge in [0.05, 0.1) is 12.6 Å². The summed E-state index contributed by atoms with van der Waals surface area (Å²) in [6.45, 7) is 2.08. The van der Waals surface area contributed by atoms with Crippen molar-refractivity contribution in [1.82, 2.24) is 15.1 Å². The molecule has 0 aliphatic carbocycles. The Kier molecular flexibility index (Phi) is 2.54. The molecule has 4 nitrogen and oxygen atoms in total. The number of rotatable bonds is 2. The lowest BCUT2D eigenvalue weighted by Crippen LogP contribution is -2.49.